The van der Waals surface area contributed by atoms with Gasteiger partial charge < -0.3 is 14.9 Å². The van der Waals surface area contributed by atoms with Crippen LogP contribution >= 0.6 is 0 Å². The summed E-state index contributed by atoms with van der Waals surface area (Å²) in [5.74, 6) is 1.01. The number of benzene rings is 1. The molecule has 1 unspecified atom stereocenters. The number of hydrogen-bond donors (Lipinski definition) is 1. The van der Waals surface area contributed by atoms with Gasteiger partial charge in [0.05, 0.1) is 6.10 Å². The van der Waals surface area contributed by atoms with Crippen molar-refractivity contribution in [2.75, 3.05) is 32.7 Å². The van der Waals surface area contributed by atoms with Gasteiger partial charge in [0.2, 0.25) is 5.91 Å². The maximum Gasteiger partial charge on any atom is 0.222 e. The first-order valence-corrected chi connectivity index (χ1v) is 9.43. The lowest BCUT2D eigenvalue weighted by atomic mass is 9.90. The summed E-state index contributed by atoms with van der Waals surface area (Å²) in [7, 11) is 0. The average molecular weight is 330 g/mol. The number of piperidine rings is 1. The molecule has 0 spiro atoms. The summed E-state index contributed by atoms with van der Waals surface area (Å²) in [4.78, 5) is 15.8. The third-order valence-corrected chi connectivity index (χ3v) is 5.46. The monoisotopic (exact) mass is 330 g/mol. The van der Waals surface area contributed by atoms with Crippen LogP contribution < -0.4 is 0 Å². The third kappa shape index (κ3) is 5.05. The van der Waals surface area contributed by atoms with Crippen molar-refractivity contribution < 1.29 is 9.90 Å². The van der Waals surface area contributed by atoms with Gasteiger partial charge in [-0.05, 0) is 56.7 Å². The minimum Gasteiger partial charge on any atom is -0.390 e. The minimum atomic E-state index is -0.409. The SMILES string of the molecule is O=C1CCCN1CC(O)CN1CCC(CCc2ccccc2)CC1. The molecule has 3 rings (SSSR count). The fourth-order valence-corrected chi connectivity index (χ4v) is 3.98. The number of β-amino-alcohol motifs (C(OH)–C–C–N with tert-alkyl or cyclic N) is 1. The van der Waals surface area contributed by atoms with Gasteiger partial charge in [0, 0.05) is 26.1 Å². The van der Waals surface area contributed by atoms with E-state index in [0.717, 1.165) is 32.0 Å². The lowest BCUT2D eigenvalue weighted by Crippen LogP contribution is -2.43. The van der Waals surface area contributed by atoms with E-state index in [4.69, 9.17) is 0 Å². The zero-order chi connectivity index (χ0) is 16.8. The number of aryl methyl sites for hydroxylation is 1. The van der Waals surface area contributed by atoms with Gasteiger partial charge in [-0.2, -0.15) is 0 Å². The maximum atomic E-state index is 11.6. The number of likely N-dealkylation sites (tertiary alicyclic amines) is 2. The zero-order valence-corrected chi connectivity index (χ0v) is 14.6. The van der Waals surface area contributed by atoms with Gasteiger partial charge in [0.25, 0.3) is 0 Å². The molecular weight excluding hydrogens is 300 g/mol. The zero-order valence-electron chi connectivity index (χ0n) is 14.6. The molecule has 24 heavy (non-hydrogen) atoms. The summed E-state index contributed by atoms with van der Waals surface area (Å²) >= 11 is 0. The first-order chi connectivity index (χ1) is 11.7. The Morgan fingerprint density at radius 1 is 1.08 bits per heavy atom. The van der Waals surface area contributed by atoms with E-state index in [2.05, 4.69) is 35.2 Å². The van der Waals surface area contributed by atoms with Crippen LogP contribution in [0.1, 0.15) is 37.7 Å². The molecule has 2 aliphatic rings. The Morgan fingerprint density at radius 3 is 2.50 bits per heavy atom. The molecule has 0 saturated carbocycles. The number of amides is 1. The van der Waals surface area contributed by atoms with Crippen molar-refractivity contribution in [1.82, 2.24) is 9.80 Å². The minimum absolute atomic E-state index is 0.202. The van der Waals surface area contributed by atoms with Crippen LogP contribution in [-0.2, 0) is 11.2 Å². The lowest BCUT2D eigenvalue weighted by Gasteiger charge is -2.34. The number of nitrogens with zero attached hydrogens (tertiary/aromatic N) is 2. The van der Waals surface area contributed by atoms with E-state index in [9.17, 15) is 9.90 Å². The Kier molecular flexibility index (Phi) is 6.27. The topological polar surface area (TPSA) is 43.8 Å². The van der Waals surface area contributed by atoms with E-state index in [0.29, 0.717) is 19.5 Å². The fraction of sp³-hybridized carbons (Fsp3) is 0.650. The lowest BCUT2D eigenvalue weighted by molar-refractivity contribution is -0.129. The van der Waals surface area contributed by atoms with Crippen molar-refractivity contribution in [3.63, 3.8) is 0 Å². The number of aliphatic hydroxyl groups is 1. The summed E-state index contributed by atoms with van der Waals surface area (Å²) in [6, 6.07) is 10.7. The smallest absolute Gasteiger partial charge is 0.222 e. The maximum absolute atomic E-state index is 11.6. The Balaban J connectivity index is 1.33. The predicted molar refractivity (Wildman–Crippen MR) is 95.7 cm³/mol. The highest BCUT2D eigenvalue weighted by Crippen LogP contribution is 2.22. The van der Waals surface area contributed by atoms with Gasteiger partial charge in [-0.1, -0.05) is 30.3 Å². The first-order valence-electron chi connectivity index (χ1n) is 9.43. The highest BCUT2D eigenvalue weighted by molar-refractivity contribution is 5.78. The van der Waals surface area contributed by atoms with Crippen molar-refractivity contribution in [3.8, 4) is 0 Å². The molecule has 132 valence electrons. The number of aliphatic hydroxyl groups excluding tert-OH is 1. The molecule has 1 aromatic rings. The Bertz CT molecular complexity index is 512. The Hall–Kier alpha value is -1.39. The second-order valence-electron chi connectivity index (χ2n) is 7.37. The van der Waals surface area contributed by atoms with Crippen LogP contribution in [0.25, 0.3) is 0 Å². The largest absolute Gasteiger partial charge is 0.390 e. The van der Waals surface area contributed by atoms with Crippen molar-refractivity contribution in [3.05, 3.63) is 35.9 Å². The van der Waals surface area contributed by atoms with E-state index >= 15 is 0 Å². The molecule has 1 N–H and O–H groups in total. The molecule has 4 heteroatoms. The first kappa shape index (κ1) is 17.4. The third-order valence-electron chi connectivity index (χ3n) is 5.46. The van der Waals surface area contributed by atoms with Crippen molar-refractivity contribution in [2.24, 2.45) is 5.92 Å². The van der Waals surface area contributed by atoms with Crippen LogP contribution in [0.3, 0.4) is 0 Å². The summed E-state index contributed by atoms with van der Waals surface area (Å²) < 4.78 is 0. The van der Waals surface area contributed by atoms with E-state index in [1.54, 1.807) is 0 Å². The van der Waals surface area contributed by atoms with E-state index in [1.807, 2.05) is 4.90 Å². The Labute approximate surface area is 145 Å². The normalized spacial score (nSPS) is 21.4. The van der Waals surface area contributed by atoms with E-state index in [1.165, 1.54) is 31.2 Å². The van der Waals surface area contributed by atoms with Crippen LogP contribution in [0.2, 0.25) is 0 Å². The van der Waals surface area contributed by atoms with Gasteiger partial charge in [-0.15, -0.1) is 0 Å². The second-order valence-corrected chi connectivity index (χ2v) is 7.37. The summed E-state index contributed by atoms with van der Waals surface area (Å²) in [5.41, 5.74) is 1.44. The van der Waals surface area contributed by atoms with Gasteiger partial charge in [0.1, 0.15) is 0 Å². The van der Waals surface area contributed by atoms with Crippen molar-refractivity contribution >= 4 is 5.91 Å². The fourth-order valence-electron chi connectivity index (χ4n) is 3.98. The molecule has 4 nitrogen and oxygen atoms in total. The molecule has 1 amide bonds. The van der Waals surface area contributed by atoms with Gasteiger partial charge in [-0.25, -0.2) is 0 Å². The van der Waals surface area contributed by atoms with E-state index in [-0.39, 0.29) is 5.91 Å². The molecule has 1 atom stereocenters. The van der Waals surface area contributed by atoms with Crippen molar-refractivity contribution in [2.45, 2.75) is 44.6 Å². The molecule has 2 heterocycles. The number of carbonyl (C=O) groups excluding carboxylic acids is 1. The number of rotatable bonds is 7. The molecule has 0 bridgehead atoms. The van der Waals surface area contributed by atoms with Gasteiger partial charge in [0.15, 0.2) is 0 Å². The second kappa shape index (κ2) is 8.63. The summed E-state index contributed by atoms with van der Waals surface area (Å²) in [6.07, 6.45) is 6.07. The average Bonchev–Trinajstić information content (AvgIpc) is 3.00. The summed E-state index contributed by atoms with van der Waals surface area (Å²) in [5, 5.41) is 10.3. The molecule has 0 aliphatic carbocycles. The molecule has 0 radical (unpaired) electrons. The molecule has 2 saturated heterocycles. The van der Waals surface area contributed by atoms with Crippen LogP contribution in [0.5, 0.6) is 0 Å². The molecular formula is C20H30N2O2. The summed E-state index contributed by atoms with van der Waals surface area (Å²) in [6.45, 7) is 4.17. The van der Waals surface area contributed by atoms with Crippen LogP contribution in [0, 0.1) is 5.92 Å². The molecule has 0 aromatic heterocycles. The predicted octanol–water partition coefficient (Wildman–Crippen LogP) is 2.31. The van der Waals surface area contributed by atoms with Crippen LogP contribution in [-0.4, -0.2) is 59.6 Å². The number of hydrogen-bond acceptors (Lipinski definition) is 3. The van der Waals surface area contributed by atoms with Crippen molar-refractivity contribution in [1.29, 1.82) is 0 Å². The molecule has 1 aromatic carbocycles. The highest BCUT2D eigenvalue weighted by atomic mass is 16.3. The Morgan fingerprint density at radius 2 is 1.83 bits per heavy atom. The van der Waals surface area contributed by atoms with Gasteiger partial charge >= 0.3 is 0 Å². The van der Waals surface area contributed by atoms with Gasteiger partial charge in [-0.3, -0.25) is 4.79 Å². The van der Waals surface area contributed by atoms with Crippen LogP contribution in [0.4, 0.5) is 0 Å². The molecule has 2 aliphatic heterocycles. The van der Waals surface area contributed by atoms with E-state index < -0.39 is 6.10 Å². The standard InChI is InChI=1S/C20H30N2O2/c23-19(16-22-12-4-7-20(22)24)15-21-13-10-18(11-14-21)9-8-17-5-2-1-3-6-17/h1-3,5-6,18-19,23H,4,7-16H2. The number of carbonyl (C=O) groups is 1. The van der Waals surface area contributed by atoms with Crippen LogP contribution in [0.15, 0.2) is 30.3 Å². The quantitative estimate of drug-likeness (QED) is 0.834. The molecule has 2 fully saturated rings. The highest BCUT2D eigenvalue weighted by Gasteiger charge is 2.25.